The quantitative estimate of drug-likeness (QED) is 0.605. The fraction of sp³-hybridized carbons (Fsp3) is 0.250. The van der Waals surface area contributed by atoms with E-state index in [1.807, 2.05) is 0 Å². The molecular formula is C12H12FNO3. The van der Waals surface area contributed by atoms with Gasteiger partial charge >= 0.3 is 5.97 Å². The van der Waals surface area contributed by atoms with Crippen molar-refractivity contribution in [3.8, 4) is 18.1 Å². The maximum atomic E-state index is 13.1. The highest BCUT2D eigenvalue weighted by Crippen LogP contribution is 2.25. The summed E-state index contributed by atoms with van der Waals surface area (Å²) in [6.45, 7) is 0.0930. The Hall–Kier alpha value is -2.06. The average molecular weight is 237 g/mol. The fourth-order valence-corrected chi connectivity index (χ4v) is 1.36. The monoisotopic (exact) mass is 237 g/mol. The van der Waals surface area contributed by atoms with Gasteiger partial charge in [-0.1, -0.05) is 5.92 Å². The van der Waals surface area contributed by atoms with Gasteiger partial charge in [0, 0.05) is 5.56 Å². The summed E-state index contributed by atoms with van der Waals surface area (Å²) in [5.74, 6) is 0.872. The molecule has 0 amide bonds. The summed E-state index contributed by atoms with van der Waals surface area (Å²) in [5.41, 5.74) is 0.0899. The number of halogens is 1. The highest BCUT2D eigenvalue weighted by molar-refractivity contribution is 5.78. The van der Waals surface area contributed by atoms with Crippen LogP contribution < -0.4 is 5.32 Å². The van der Waals surface area contributed by atoms with E-state index in [1.165, 1.54) is 7.11 Å². The summed E-state index contributed by atoms with van der Waals surface area (Å²) < 4.78 is 17.6. The first kappa shape index (κ1) is 13.0. The number of carbonyl (C=O) groups is 1. The van der Waals surface area contributed by atoms with E-state index in [1.54, 1.807) is 0 Å². The third kappa shape index (κ3) is 3.20. The molecule has 1 aromatic carbocycles. The summed E-state index contributed by atoms with van der Waals surface area (Å²) in [4.78, 5) is 11.5. The van der Waals surface area contributed by atoms with E-state index in [0.29, 0.717) is 0 Å². The lowest BCUT2D eigenvalue weighted by molar-refractivity contribution is -0.143. The molecule has 0 aliphatic carbocycles. The summed E-state index contributed by atoms with van der Waals surface area (Å²) >= 11 is 0. The van der Waals surface area contributed by atoms with Gasteiger partial charge in [-0.25, -0.2) is 9.18 Å². The van der Waals surface area contributed by atoms with E-state index in [2.05, 4.69) is 16.0 Å². The molecule has 1 aromatic rings. The van der Waals surface area contributed by atoms with Crippen molar-refractivity contribution >= 4 is 5.97 Å². The van der Waals surface area contributed by atoms with Crippen molar-refractivity contribution < 1.29 is 19.0 Å². The molecule has 0 aromatic heterocycles. The minimum Gasteiger partial charge on any atom is -0.508 e. The number of nitrogens with one attached hydrogen (secondary N) is 1. The topological polar surface area (TPSA) is 58.6 Å². The minimum absolute atomic E-state index is 0.0899. The van der Waals surface area contributed by atoms with Crippen LogP contribution in [0.25, 0.3) is 0 Å². The Morgan fingerprint density at radius 2 is 2.41 bits per heavy atom. The molecule has 0 fully saturated rings. The Morgan fingerprint density at radius 1 is 1.71 bits per heavy atom. The fourth-order valence-electron chi connectivity index (χ4n) is 1.36. The van der Waals surface area contributed by atoms with Gasteiger partial charge in [0.15, 0.2) is 0 Å². The zero-order valence-corrected chi connectivity index (χ0v) is 9.24. The van der Waals surface area contributed by atoms with Gasteiger partial charge in [0.1, 0.15) is 17.6 Å². The van der Waals surface area contributed by atoms with Crippen LogP contribution in [0.1, 0.15) is 11.6 Å². The van der Waals surface area contributed by atoms with Crippen LogP contribution in [0.3, 0.4) is 0 Å². The van der Waals surface area contributed by atoms with Gasteiger partial charge in [-0.05, 0) is 18.2 Å². The second kappa shape index (κ2) is 5.87. The first-order valence-electron chi connectivity index (χ1n) is 4.83. The molecule has 1 unspecified atom stereocenters. The van der Waals surface area contributed by atoms with E-state index in [-0.39, 0.29) is 17.9 Å². The second-order valence-electron chi connectivity index (χ2n) is 3.24. The number of carbonyl (C=O) groups excluding carboxylic acids is 1. The number of ether oxygens (including phenoxy) is 1. The van der Waals surface area contributed by atoms with Crippen molar-refractivity contribution in [2.24, 2.45) is 0 Å². The van der Waals surface area contributed by atoms with E-state index in [9.17, 15) is 14.3 Å². The molecule has 4 nitrogen and oxygen atoms in total. The number of hydrogen-bond donors (Lipinski definition) is 2. The molecule has 0 bridgehead atoms. The van der Waals surface area contributed by atoms with Crippen molar-refractivity contribution in [2.45, 2.75) is 6.04 Å². The van der Waals surface area contributed by atoms with Gasteiger partial charge in [-0.2, -0.15) is 0 Å². The highest BCUT2D eigenvalue weighted by atomic mass is 19.1. The summed E-state index contributed by atoms with van der Waals surface area (Å²) in [5, 5.41) is 12.3. The van der Waals surface area contributed by atoms with Crippen LogP contribution in [0.5, 0.6) is 5.75 Å². The Kier molecular flexibility index (Phi) is 4.49. The molecule has 1 atom stereocenters. The zero-order chi connectivity index (χ0) is 12.8. The van der Waals surface area contributed by atoms with Crippen LogP contribution in [0.4, 0.5) is 4.39 Å². The predicted molar refractivity (Wildman–Crippen MR) is 59.7 cm³/mol. The lowest BCUT2D eigenvalue weighted by atomic mass is 10.1. The Labute approximate surface area is 98.4 Å². The maximum Gasteiger partial charge on any atom is 0.327 e. The lowest BCUT2D eigenvalue weighted by Gasteiger charge is -2.16. The average Bonchev–Trinajstić information content (AvgIpc) is 2.33. The van der Waals surface area contributed by atoms with E-state index < -0.39 is 17.8 Å². The van der Waals surface area contributed by atoms with Crippen LogP contribution in [0, 0.1) is 18.2 Å². The molecule has 0 spiro atoms. The van der Waals surface area contributed by atoms with Crippen LogP contribution in [-0.2, 0) is 9.53 Å². The summed E-state index contributed by atoms with van der Waals surface area (Å²) in [6.07, 6.45) is 5.06. The molecule has 5 heteroatoms. The standard InChI is InChI=1S/C12H12FNO3/c1-3-6-14-11(12(16)17-2)9-7-8(13)4-5-10(9)15/h1,4-5,7,11,14-15H,6H2,2H3. The summed E-state index contributed by atoms with van der Waals surface area (Å²) in [6, 6.07) is 2.32. The van der Waals surface area contributed by atoms with Crippen molar-refractivity contribution in [2.75, 3.05) is 13.7 Å². The molecule has 0 saturated carbocycles. The number of terminal acetylenes is 1. The van der Waals surface area contributed by atoms with E-state index in [0.717, 1.165) is 18.2 Å². The number of phenolic OH excluding ortho intramolecular Hbond substituents is 1. The molecule has 2 N–H and O–H groups in total. The van der Waals surface area contributed by atoms with Gasteiger partial charge in [-0.15, -0.1) is 6.42 Å². The van der Waals surface area contributed by atoms with Crippen molar-refractivity contribution in [1.82, 2.24) is 5.32 Å². The molecular weight excluding hydrogens is 225 g/mol. The Balaban J connectivity index is 3.08. The zero-order valence-electron chi connectivity index (χ0n) is 9.24. The first-order chi connectivity index (χ1) is 8.10. The number of aromatic hydroxyl groups is 1. The number of phenols is 1. The third-order valence-electron chi connectivity index (χ3n) is 2.15. The maximum absolute atomic E-state index is 13.1. The molecule has 0 radical (unpaired) electrons. The number of benzene rings is 1. The molecule has 1 rings (SSSR count). The Morgan fingerprint density at radius 3 is 3.00 bits per heavy atom. The number of methoxy groups -OCH3 is 1. The van der Waals surface area contributed by atoms with Gasteiger partial charge in [0.2, 0.25) is 0 Å². The van der Waals surface area contributed by atoms with Gasteiger partial charge < -0.3 is 9.84 Å². The predicted octanol–water partition coefficient (Wildman–Crippen LogP) is 0.968. The second-order valence-corrected chi connectivity index (χ2v) is 3.24. The van der Waals surface area contributed by atoms with Crippen molar-refractivity contribution in [3.63, 3.8) is 0 Å². The first-order valence-corrected chi connectivity index (χ1v) is 4.83. The molecule has 0 heterocycles. The molecule has 0 saturated heterocycles. The molecule has 17 heavy (non-hydrogen) atoms. The van der Waals surface area contributed by atoms with Crippen LogP contribution >= 0.6 is 0 Å². The van der Waals surface area contributed by atoms with E-state index >= 15 is 0 Å². The largest absolute Gasteiger partial charge is 0.508 e. The minimum atomic E-state index is -0.994. The normalized spacial score (nSPS) is 11.6. The summed E-state index contributed by atoms with van der Waals surface area (Å²) in [7, 11) is 1.20. The van der Waals surface area contributed by atoms with Crippen molar-refractivity contribution in [1.29, 1.82) is 0 Å². The smallest absolute Gasteiger partial charge is 0.327 e. The number of rotatable bonds is 4. The van der Waals surface area contributed by atoms with Crippen LogP contribution in [-0.4, -0.2) is 24.7 Å². The van der Waals surface area contributed by atoms with Crippen molar-refractivity contribution in [3.05, 3.63) is 29.6 Å². The van der Waals surface area contributed by atoms with Gasteiger partial charge in [0.05, 0.1) is 13.7 Å². The third-order valence-corrected chi connectivity index (χ3v) is 2.15. The highest BCUT2D eigenvalue weighted by Gasteiger charge is 2.23. The van der Waals surface area contributed by atoms with Gasteiger partial charge in [-0.3, -0.25) is 5.32 Å². The number of esters is 1. The molecule has 0 aliphatic heterocycles. The van der Waals surface area contributed by atoms with Gasteiger partial charge in [0.25, 0.3) is 0 Å². The van der Waals surface area contributed by atoms with E-state index in [4.69, 9.17) is 6.42 Å². The number of hydrogen-bond acceptors (Lipinski definition) is 4. The Bertz CT molecular complexity index is 454. The molecule has 0 aliphatic rings. The van der Waals surface area contributed by atoms with Crippen LogP contribution in [0.2, 0.25) is 0 Å². The lowest BCUT2D eigenvalue weighted by Crippen LogP contribution is -2.30. The molecule has 90 valence electrons. The van der Waals surface area contributed by atoms with Crippen LogP contribution in [0.15, 0.2) is 18.2 Å². The SMILES string of the molecule is C#CCNC(C(=O)OC)c1cc(F)ccc1O.